The van der Waals surface area contributed by atoms with E-state index >= 15 is 0 Å². The van der Waals surface area contributed by atoms with Gasteiger partial charge in [-0.25, -0.2) is 4.39 Å². The van der Waals surface area contributed by atoms with Gasteiger partial charge in [0.15, 0.2) is 0 Å². The number of nitrogens with one attached hydrogen (secondary N) is 1. The van der Waals surface area contributed by atoms with Gasteiger partial charge in [-0.1, -0.05) is 24.3 Å². The molecule has 1 aliphatic rings. The maximum Gasteiger partial charge on any atom is 0.145 e. The summed E-state index contributed by atoms with van der Waals surface area (Å²) in [7, 11) is 0. The largest absolute Gasteiger partial charge is 0.312 e. The summed E-state index contributed by atoms with van der Waals surface area (Å²) in [6.07, 6.45) is 7.88. The lowest BCUT2D eigenvalue weighted by molar-refractivity contribution is 0.437. The van der Waals surface area contributed by atoms with Gasteiger partial charge in [0.25, 0.3) is 0 Å². The monoisotopic (exact) mass is 244 g/mol. The minimum Gasteiger partial charge on any atom is -0.312 e. The fraction of sp³-hybridized carbons (Fsp3) is 0.400. The first kappa shape index (κ1) is 12.8. The van der Waals surface area contributed by atoms with E-state index in [-0.39, 0.29) is 5.56 Å². The molecule has 1 aromatic rings. The third kappa shape index (κ3) is 3.18. The third-order valence-electron chi connectivity index (χ3n) is 3.33. The normalized spacial score (nSPS) is 18.6. The van der Waals surface area contributed by atoms with Crippen LogP contribution in [-0.2, 0) is 6.54 Å². The smallest absolute Gasteiger partial charge is 0.145 e. The zero-order valence-electron chi connectivity index (χ0n) is 10.3. The molecule has 0 heterocycles. The van der Waals surface area contributed by atoms with E-state index < -0.39 is 5.82 Å². The number of rotatable bonds is 4. The summed E-state index contributed by atoms with van der Waals surface area (Å²) in [6, 6.07) is 6.82. The molecule has 1 aliphatic carbocycles. The fourth-order valence-electron chi connectivity index (χ4n) is 2.26. The van der Waals surface area contributed by atoms with E-state index in [1.54, 1.807) is 12.1 Å². The summed E-state index contributed by atoms with van der Waals surface area (Å²) < 4.78 is 13.8. The SMILES string of the molecule is N#Cc1cccc(CNCC2CC=CCC2)c1F. The molecule has 1 aromatic carbocycles. The van der Waals surface area contributed by atoms with Crippen LogP contribution in [0.5, 0.6) is 0 Å². The van der Waals surface area contributed by atoms with Crippen LogP contribution in [0.25, 0.3) is 0 Å². The first-order valence-corrected chi connectivity index (χ1v) is 6.34. The number of halogens is 1. The van der Waals surface area contributed by atoms with Crippen molar-refractivity contribution in [2.45, 2.75) is 25.8 Å². The highest BCUT2D eigenvalue weighted by Gasteiger charge is 2.10. The topological polar surface area (TPSA) is 35.8 Å². The Morgan fingerprint density at radius 2 is 2.28 bits per heavy atom. The van der Waals surface area contributed by atoms with E-state index in [9.17, 15) is 4.39 Å². The minimum atomic E-state index is -0.393. The van der Waals surface area contributed by atoms with Gasteiger partial charge >= 0.3 is 0 Å². The number of benzene rings is 1. The predicted octanol–water partition coefficient (Wildman–Crippen LogP) is 3.14. The Balaban J connectivity index is 1.87. The van der Waals surface area contributed by atoms with Crippen LogP contribution >= 0.6 is 0 Å². The van der Waals surface area contributed by atoms with Crippen LogP contribution in [-0.4, -0.2) is 6.54 Å². The van der Waals surface area contributed by atoms with Crippen molar-refractivity contribution in [3.8, 4) is 6.07 Å². The summed E-state index contributed by atoms with van der Waals surface area (Å²) >= 11 is 0. The summed E-state index contributed by atoms with van der Waals surface area (Å²) in [6.45, 7) is 1.39. The van der Waals surface area contributed by atoms with E-state index in [0.29, 0.717) is 18.0 Å². The third-order valence-corrected chi connectivity index (χ3v) is 3.33. The second-order valence-corrected chi connectivity index (χ2v) is 4.67. The van der Waals surface area contributed by atoms with Crippen molar-refractivity contribution in [2.24, 2.45) is 5.92 Å². The Bertz CT molecular complexity index is 474. The maximum absolute atomic E-state index is 13.8. The summed E-state index contributed by atoms with van der Waals surface area (Å²) in [5.74, 6) is 0.258. The molecular formula is C15H17FN2. The van der Waals surface area contributed by atoms with E-state index in [2.05, 4.69) is 17.5 Å². The lowest BCUT2D eigenvalue weighted by atomic mass is 9.94. The zero-order chi connectivity index (χ0) is 12.8. The van der Waals surface area contributed by atoms with Crippen molar-refractivity contribution in [3.05, 3.63) is 47.3 Å². The van der Waals surface area contributed by atoms with Gasteiger partial charge in [-0.2, -0.15) is 5.26 Å². The van der Waals surface area contributed by atoms with Crippen LogP contribution in [0.3, 0.4) is 0 Å². The van der Waals surface area contributed by atoms with Crippen LogP contribution < -0.4 is 5.32 Å². The molecule has 0 amide bonds. The number of allylic oxidation sites excluding steroid dienone is 2. The fourth-order valence-corrected chi connectivity index (χ4v) is 2.26. The second-order valence-electron chi connectivity index (χ2n) is 4.67. The van der Waals surface area contributed by atoms with Crippen molar-refractivity contribution in [2.75, 3.05) is 6.54 Å². The molecule has 2 nitrogen and oxygen atoms in total. The van der Waals surface area contributed by atoms with Crippen LogP contribution in [0.4, 0.5) is 4.39 Å². The van der Waals surface area contributed by atoms with Crippen molar-refractivity contribution in [1.29, 1.82) is 5.26 Å². The Morgan fingerprint density at radius 3 is 3.00 bits per heavy atom. The lowest BCUT2D eigenvalue weighted by Gasteiger charge is -2.18. The highest BCUT2D eigenvalue weighted by Crippen LogP contribution is 2.17. The van der Waals surface area contributed by atoms with E-state index in [0.717, 1.165) is 19.4 Å². The molecule has 0 radical (unpaired) electrons. The van der Waals surface area contributed by atoms with Gasteiger partial charge in [0.2, 0.25) is 0 Å². The molecule has 2 rings (SSSR count). The quantitative estimate of drug-likeness (QED) is 0.826. The van der Waals surface area contributed by atoms with E-state index in [4.69, 9.17) is 5.26 Å². The highest BCUT2D eigenvalue weighted by atomic mass is 19.1. The van der Waals surface area contributed by atoms with E-state index in [1.165, 1.54) is 12.5 Å². The van der Waals surface area contributed by atoms with Crippen LogP contribution in [0.1, 0.15) is 30.4 Å². The number of hydrogen-bond donors (Lipinski definition) is 1. The van der Waals surface area contributed by atoms with Crippen molar-refractivity contribution in [3.63, 3.8) is 0 Å². The molecule has 0 fully saturated rings. The average Bonchev–Trinajstić information content (AvgIpc) is 2.42. The molecule has 0 spiro atoms. The van der Waals surface area contributed by atoms with Gasteiger partial charge < -0.3 is 5.32 Å². The Kier molecular flexibility index (Phi) is 4.49. The average molecular weight is 244 g/mol. The summed E-state index contributed by atoms with van der Waals surface area (Å²) in [4.78, 5) is 0. The van der Waals surface area contributed by atoms with E-state index in [1.807, 2.05) is 6.07 Å². The van der Waals surface area contributed by atoms with Gasteiger partial charge in [-0.3, -0.25) is 0 Å². The van der Waals surface area contributed by atoms with Gasteiger partial charge in [-0.15, -0.1) is 0 Å². The Labute approximate surface area is 107 Å². The molecule has 1 unspecified atom stereocenters. The zero-order valence-corrected chi connectivity index (χ0v) is 10.3. The standard InChI is InChI=1S/C15H17FN2/c16-15-13(9-17)7-4-8-14(15)11-18-10-12-5-2-1-3-6-12/h1-2,4,7-8,12,18H,3,5-6,10-11H2. The van der Waals surface area contributed by atoms with Gasteiger partial charge in [0.1, 0.15) is 11.9 Å². The lowest BCUT2D eigenvalue weighted by Crippen LogP contribution is -2.23. The van der Waals surface area contributed by atoms with Crippen molar-refractivity contribution in [1.82, 2.24) is 5.32 Å². The first-order chi connectivity index (χ1) is 8.81. The van der Waals surface area contributed by atoms with Crippen LogP contribution in [0.15, 0.2) is 30.4 Å². The molecule has 1 atom stereocenters. The molecule has 94 valence electrons. The minimum absolute atomic E-state index is 0.120. The molecular weight excluding hydrogens is 227 g/mol. The van der Waals surface area contributed by atoms with Crippen LogP contribution in [0, 0.1) is 23.1 Å². The molecule has 1 N–H and O–H groups in total. The second kappa shape index (κ2) is 6.32. The molecule has 18 heavy (non-hydrogen) atoms. The number of hydrogen-bond acceptors (Lipinski definition) is 2. The summed E-state index contributed by atoms with van der Waals surface area (Å²) in [5.41, 5.74) is 0.690. The molecule has 0 bridgehead atoms. The number of nitrogens with zero attached hydrogens (tertiary/aromatic N) is 1. The van der Waals surface area contributed by atoms with Crippen molar-refractivity contribution >= 4 is 0 Å². The van der Waals surface area contributed by atoms with Crippen molar-refractivity contribution < 1.29 is 4.39 Å². The van der Waals surface area contributed by atoms with Crippen LogP contribution in [0.2, 0.25) is 0 Å². The Hall–Kier alpha value is -1.66. The Morgan fingerprint density at radius 1 is 1.39 bits per heavy atom. The molecule has 3 heteroatoms. The highest BCUT2D eigenvalue weighted by molar-refractivity contribution is 5.34. The molecule has 0 aliphatic heterocycles. The molecule has 0 aromatic heterocycles. The molecule has 0 saturated heterocycles. The summed E-state index contributed by atoms with van der Waals surface area (Å²) in [5, 5.41) is 12.0. The maximum atomic E-state index is 13.8. The van der Waals surface area contributed by atoms with Gasteiger partial charge in [-0.05, 0) is 37.8 Å². The first-order valence-electron chi connectivity index (χ1n) is 6.34. The van der Waals surface area contributed by atoms with Gasteiger partial charge in [0, 0.05) is 12.1 Å². The number of nitriles is 1. The van der Waals surface area contributed by atoms with Gasteiger partial charge in [0.05, 0.1) is 5.56 Å². The predicted molar refractivity (Wildman–Crippen MR) is 69.3 cm³/mol. The molecule has 0 saturated carbocycles.